The Morgan fingerprint density at radius 1 is 1.50 bits per heavy atom. The van der Waals surface area contributed by atoms with E-state index in [4.69, 9.17) is 15.4 Å². The largest absolute Gasteiger partial charge is 0.477 e. The predicted octanol–water partition coefficient (Wildman–Crippen LogP) is -0.309. The van der Waals surface area contributed by atoms with Gasteiger partial charge in [-0.3, -0.25) is 9.09 Å². The standard InChI is InChI=1S/C10H15N5O7P2/c11-9-8-10(13-3-12-9)15(4-14-8)7-1-5(16)6(21-7)2-20-24(18,19)22-23-17/h3-7,16-17,23H,1-2H2,(H,18,19)(H2,11,12,13)/t5?,6-,7-/m1/s1. The number of aliphatic hydroxyl groups is 1. The maximum atomic E-state index is 11.4. The molecule has 5 N–H and O–H groups in total. The van der Waals surface area contributed by atoms with Gasteiger partial charge in [0.2, 0.25) is 0 Å². The molecule has 5 atom stereocenters. The first-order valence-corrected chi connectivity index (χ1v) is 9.08. The Morgan fingerprint density at radius 3 is 3.04 bits per heavy atom. The van der Waals surface area contributed by atoms with Gasteiger partial charge in [0.1, 0.15) is 24.2 Å². The molecule has 0 aromatic carbocycles. The van der Waals surface area contributed by atoms with Crippen LogP contribution in [-0.2, 0) is 18.1 Å². The van der Waals surface area contributed by atoms with Crippen LogP contribution in [0.15, 0.2) is 12.7 Å². The minimum atomic E-state index is -4.38. The van der Waals surface area contributed by atoms with E-state index in [0.717, 1.165) is 0 Å². The predicted molar refractivity (Wildman–Crippen MR) is 81.7 cm³/mol. The van der Waals surface area contributed by atoms with Gasteiger partial charge in [-0.1, -0.05) is 0 Å². The van der Waals surface area contributed by atoms with Crippen LogP contribution in [0, 0.1) is 0 Å². The van der Waals surface area contributed by atoms with Crippen molar-refractivity contribution in [2.75, 3.05) is 12.3 Å². The van der Waals surface area contributed by atoms with Crippen LogP contribution < -0.4 is 5.73 Å². The lowest BCUT2D eigenvalue weighted by molar-refractivity contribution is -0.0419. The number of hydrogen-bond acceptors (Lipinski definition) is 10. The smallest absolute Gasteiger partial charge is 0.390 e. The lowest BCUT2D eigenvalue weighted by atomic mass is 10.2. The molecule has 2 aromatic rings. The van der Waals surface area contributed by atoms with E-state index < -0.39 is 35.3 Å². The van der Waals surface area contributed by atoms with Crippen molar-refractivity contribution in [3.63, 3.8) is 0 Å². The molecule has 1 aliphatic rings. The summed E-state index contributed by atoms with van der Waals surface area (Å²) < 4.78 is 27.5. The number of nitrogens with two attached hydrogens (primary N) is 1. The summed E-state index contributed by atoms with van der Waals surface area (Å²) in [6.07, 6.45) is 0.537. The molecule has 0 aliphatic carbocycles. The molecule has 3 heterocycles. The highest BCUT2D eigenvalue weighted by molar-refractivity contribution is 7.54. The molecule has 1 fully saturated rings. The molecule has 12 nitrogen and oxygen atoms in total. The first kappa shape index (κ1) is 17.6. The van der Waals surface area contributed by atoms with E-state index in [-0.39, 0.29) is 18.8 Å². The number of ether oxygens (including phenoxy) is 1. The monoisotopic (exact) mass is 379 g/mol. The van der Waals surface area contributed by atoms with Crippen molar-refractivity contribution in [3.8, 4) is 0 Å². The number of fused-ring (bicyclic) bond motifs is 1. The molecule has 0 radical (unpaired) electrons. The summed E-state index contributed by atoms with van der Waals surface area (Å²) in [4.78, 5) is 29.8. The highest BCUT2D eigenvalue weighted by Gasteiger charge is 2.37. The summed E-state index contributed by atoms with van der Waals surface area (Å²) in [6.45, 7) is -0.389. The normalized spacial score (nSPS) is 27.2. The maximum absolute atomic E-state index is 11.4. The van der Waals surface area contributed by atoms with Gasteiger partial charge in [-0.15, -0.1) is 0 Å². The van der Waals surface area contributed by atoms with E-state index >= 15 is 0 Å². The first-order chi connectivity index (χ1) is 11.4. The van der Waals surface area contributed by atoms with Crippen molar-refractivity contribution >= 4 is 33.8 Å². The Bertz CT molecular complexity index is 773. The van der Waals surface area contributed by atoms with Crippen LogP contribution in [0.2, 0.25) is 0 Å². The quantitative estimate of drug-likeness (QED) is 0.484. The number of imidazole rings is 1. The maximum Gasteiger partial charge on any atom is 0.477 e. The third-order valence-electron chi connectivity index (χ3n) is 3.46. The molecule has 0 bridgehead atoms. The van der Waals surface area contributed by atoms with E-state index in [1.807, 2.05) is 0 Å². The van der Waals surface area contributed by atoms with Crippen molar-refractivity contribution in [3.05, 3.63) is 12.7 Å². The zero-order valence-corrected chi connectivity index (χ0v) is 14.0. The van der Waals surface area contributed by atoms with Gasteiger partial charge in [0.05, 0.1) is 19.0 Å². The number of rotatable bonds is 6. The SMILES string of the molecule is Nc1ncnc2c1ncn2[C@H]1CC(O)[C@@H](COP(=O)(O)OPO)O1. The Morgan fingerprint density at radius 2 is 2.29 bits per heavy atom. The lowest BCUT2D eigenvalue weighted by Crippen LogP contribution is -2.26. The Kier molecular flexibility index (Phi) is 5.09. The summed E-state index contributed by atoms with van der Waals surface area (Å²) in [7, 11) is -5.57. The number of hydrogen-bond donors (Lipinski definition) is 4. The fourth-order valence-corrected chi connectivity index (χ4v) is 3.32. The van der Waals surface area contributed by atoms with Gasteiger partial charge >= 0.3 is 7.82 Å². The molecule has 1 saturated heterocycles. The van der Waals surface area contributed by atoms with Crippen molar-refractivity contribution in [1.82, 2.24) is 19.5 Å². The second-order valence-electron chi connectivity index (χ2n) is 4.96. The van der Waals surface area contributed by atoms with Crippen LogP contribution in [0.4, 0.5) is 5.82 Å². The Hall–Kier alpha value is -1.23. The van der Waals surface area contributed by atoms with E-state index in [1.54, 1.807) is 4.57 Å². The van der Waals surface area contributed by atoms with Gasteiger partial charge in [0.25, 0.3) is 0 Å². The number of anilines is 1. The number of aromatic nitrogens is 4. The van der Waals surface area contributed by atoms with Gasteiger partial charge in [0.15, 0.2) is 20.5 Å². The summed E-state index contributed by atoms with van der Waals surface area (Å²) in [5.74, 6) is 0.223. The van der Waals surface area contributed by atoms with Crippen LogP contribution in [0.3, 0.4) is 0 Å². The first-order valence-electron chi connectivity index (χ1n) is 6.73. The summed E-state index contributed by atoms with van der Waals surface area (Å²) in [6, 6.07) is 0. The number of nitrogens with zero attached hydrogens (tertiary/aromatic N) is 4. The molecule has 14 heteroatoms. The molecular formula is C10H15N5O7P2. The van der Waals surface area contributed by atoms with E-state index in [0.29, 0.717) is 11.2 Å². The van der Waals surface area contributed by atoms with Gasteiger partial charge in [-0.25, -0.2) is 23.8 Å². The molecule has 3 unspecified atom stereocenters. The third-order valence-corrected chi connectivity index (χ3v) is 5.18. The number of aliphatic hydroxyl groups excluding tert-OH is 1. The summed E-state index contributed by atoms with van der Waals surface area (Å²) >= 11 is 0. The molecule has 0 spiro atoms. The molecule has 1 aliphatic heterocycles. The number of phosphoric ester groups is 1. The minimum absolute atomic E-state index is 0.196. The fourth-order valence-electron chi connectivity index (χ4n) is 2.36. The zero-order valence-electron chi connectivity index (χ0n) is 12.1. The van der Waals surface area contributed by atoms with Gasteiger partial charge < -0.3 is 25.4 Å². The van der Waals surface area contributed by atoms with Crippen LogP contribution in [0.5, 0.6) is 0 Å². The lowest BCUT2D eigenvalue weighted by Gasteiger charge is -2.17. The van der Waals surface area contributed by atoms with E-state index in [9.17, 15) is 14.6 Å². The Labute approximate surface area is 137 Å². The van der Waals surface area contributed by atoms with Crippen molar-refractivity contribution in [2.24, 2.45) is 0 Å². The summed E-state index contributed by atoms with van der Waals surface area (Å²) in [5.41, 5.74) is 6.57. The molecule has 132 valence electrons. The summed E-state index contributed by atoms with van der Waals surface area (Å²) in [5, 5.41) is 10.1. The second kappa shape index (κ2) is 6.95. The average Bonchev–Trinajstić information content (AvgIpc) is 3.09. The van der Waals surface area contributed by atoms with Crippen LogP contribution in [0.1, 0.15) is 12.6 Å². The zero-order chi connectivity index (χ0) is 17.3. The molecule has 24 heavy (non-hydrogen) atoms. The third kappa shape index (κ3) is 3.56. The number of phosphoric acid groups is 1. The van der Waals surface area contributed by atoms with Crippen molar-refractivity contribution in [1.29, 1.82) is 0 Å². The van der Waals surface area contributed by atoms with Crippen LogP contribution in [0.25, 0.3) is 11.2 Å². The molecule has 0 saturated carbocycles. The minimum Gasteiger partial charge on any atom is -0.390 e. The average molecular weight is 379 g/mol. The van der Waals surface area contributed by atoms with Crippen molar-refractivity contribution < 1.29 is 33.0 Å². The molecular weight excluding hydrogens is 364 g/mol. The molecule has 2 aromatic heterocycles. The van der Waals surface area contributed by atoms with Gasteiger partial charge in [-0.05, 0) is 0 Å². The molecule has 0 amide bonds. The highest BCUT2D eigenvalue weighted by Crippen LogP contribution is 2.49. The number of nitrogen functional groups attached to an aromatic ring is 1. The van der Waals surface area contributed by atoms with Crippen LogP contribution >= 0.6 is 16.9 Å². The Balaban J connectivity index is 1.71. The fraction of sp³-hybridized carbons (Fsp3) is 0.500. The van der Waals surface area contributed by atoms with E-state index in [2.05, 4.69) is 23.8 Å². The topological polar surface area (TPSA) is 175 Å². The van der Waals surface area contributed by atoms with E-state index in [1.165, 1.54) is 12.7 Å². The van der Waals surface area contributed by atoms with Crippen LogP contribution in [-0.4, -0.2) is 53.2 Å². The second-order valence-corrected chi connectivity index (χ2v) is 7.07. The van der Waals surface area contributed by atoms with Gasteiger partial charge in [0, 0.05) is 6.42 Å². The highest BCUT2D eigenvalue weighted by atomic mass is 31.2. The van der Waals surface area contributed by atoms with Gasteiger partial charge in [-0.2, -0.15) is 0 Å². The molecule has 3 rings (SSSR count). The van der Waals surface area contributed by atoms with Crippen molar-refractivity contribution in [2.45, 2.75) is 24.9 Å².